The van der Waals surface area contributed by atoms with Crippen molar-refractivity contribution in [1.82, 2.24) is 14.3 Å². The van der Waals surface area contributed by atoms with Crippen LogP contribution < -0.4 is 5.73 Å². The van der Waals surface area contributed by atoms with Crippen LogP contribution in [0.3, 0.4) is 0 Å². The van der Waals surface area contributed by atoms with Crippen LogP contribution in [-0.2, 0) is 14.8 Å². The van der Waals surface area contributed by atoms with Crippen LogP contribution in [0.25, 0.3) is 22.3 Å². The monoisotopic (exact) mass is 542 g/mol. The number of hydrogen-bond acceptors (Lipinski definition) is 7. The van der Waals surface area contributed by atoms with E-state index in [0.717, 1.165) is 17.2 Å². The molecule has 1 fully saturated rings. The van der Waals surface area contributed by atoms with Crippen LogP contribution in [0.15, 0.2) is 59.8 Å². The molecule has 0 unspecified atom stereocenters. The van der Waals surface area contributed by atoms with Gasteiger partial charge in [0.25, 0.3) is 0 Å². The van der Waals surface area contributed by atoms with Gasteiger partial charge in [-0.05, 0) is 30.0 Å². The fourth-order valence-electron chi connectivity index (χ4n) is 3.75. The summed E-state index contributed by atoms with van der Waals surface area (Å²) in [5.74, 6) is -3.40. The first-order valence-electron chi connectivity index (χ1n) is 10.8. The van der Waals surface area contributed by atoms with Gasteiger partial charge in [0.1, 0.15) is 10.7 Å². The van der Waals surface area contributed by atoms with Crippen molar-refractivity contribution < 1.29 is 41.0 Å². The van der Waals surface area contributed by atoms with Crippen molar-refractivity contribution in [2.45, 2.75) is 30.0 Å². The van der Waals surface area contributed by atoms with E-state index in [1.54, 1.807) is 42.7 Å². The zero-order valence-corrected chi connectivity index (χ0v) is 19.9. The van der Waals surface area contributed by atoms with Crippen LogP contribution in [0.1, 0.15) is 12.8 Å². The Morgan fingerprint density at radius 2 is 1.62 bits per heavy atom. The number of rotatable bonds is 5. The summed E-state index contributed by atoms with van der Waals surface area (Å²) in [6.07, 6.45) is -0.708. The molecule has 37 heavy (non-hydrogen) atoms. The van der Waals surface area contributed by atoms with Crippen molar-refractivity contribution >= 4 is 21.9 Å². The Morgan fingerprint density at radius 1 is 1.05 bits per heavy atom. The van der Waals surface area contributed by atoms with Gasteiger partial charge in [0, 0.05) is 36.1 Å². The highest BCUT2D eigenvalue weighted by atomic mass is 32.2. The molecule has 14 heteroatoms. The molecule has 0 bridgehead atoms. The zero-order valence-electron chi connectivity index (χ0n) is 19.1. The van der Waals surface area contributed by atoms with E-state index in [2.05, 4.69) is 9.97 Å². The molecule has 3 aromatic rings. The fraction of sp³-hybridized carbons (Fsp3) is 0.261. The lowest BCUT2D eigenvalue weighted by atomic mass is 10.0. The highest BCUT2D eigenvalue weighted by Gasteiger charge is 2.39. The Balaban J connectivity index is 0.000000479. The standard InChI is InChI=1S/C21H21FN4O3S.C2HF3O2/c22-19-5-1-4-18(20(19)30(28,29)26-10-2-3-17(26)13-27)15-8-6-14(7-9-15)16-11-24-21(23)25-12-16;3-2(4,5)1(6)7/h1,4-9,11-12,17,27H,2-3,10,13H2,(H2,23,24,25);(H,6,7)/t17-;/m0./s1. The van der Waals surface area contributed by atoms with Gasteiger partial charge in [-0.1, -0.05) is 36.4 Å². The molecule has 4 rings (SSSR count). The molecule has 0 spiro atoms. The number of aliphatic carboxylic acids is 1. The van der Waals surface area contributed by atoms with Crippen molar-refractivity contribution in [1.29, 1.82) is 0 Å². The highest BCUT2D eigenvalue weighted by Crippen LogP contribution is 2.35. The van der Waals surface area contributed by atoms with Gasteiger partial charge in [-0.3, -0.25) is 0 Å². The molecule has 1 aromatic heterocycles. The van der Waals surface area contributed by atoms with Crippen LogP contribution in [0, 0.1) is 5.82 Å². The van der Waals surface area contributed by atoms with Crippen molar-refractivity contribution in [2.24, 2.45) is 0 Å². The number of benzene rings is 2. The van der Waals surface area contributed by atoms with Gasteiger partial charge in [-0.15, -0.1) is 0 Å². The normalized spacial score (nSPS) is 16.2. The highest BCUT2D eigenvalue weighted by molar-refractivity contribution is 7.89. The van der Waals surface area contributed by atoms with E-state index in [0.29, 0.717) is 18.4 Å². The smallest absolute Gasteiger partial charge is 0.475 e. The number of halogens is 4. The van der Waals surface area contributed by atoms with Gasteiger partial charge >= 0.3 is 12.1 Å². The average Bonchev–Trinajstić information content (AvgIpc) is 3.34. The van der Waals surface area contributed by atoms with Crippen molar-refractivity contribution in [3.63, 3.8) is 0 Å². The Kier molecular flexibility index (Phi) is 8.46. The third-order valence-corrected chi connectivity index (χ3v) is 7.54. The maximum Gasteiger partial charge on any atom is 0.490 e. The van der Waals surface area contributed by atoms with E-state index in [4.69, 9.17) is 15.6 Å². The Morgan fingerprint density at radius 3 is 2.16 bits per heavy atom. The van der Waals surface area contributed by atoms with E-state index in [9.17, 15) is 31.1 Å². The first-order chi connectivity index (χ1) is 17.4. The summed E-state index contributed by atoms with van der Waals surface area (Å²) in [5, 5.41) is 16.7. The number of carbonyl (C=O) groups is 1. The number of carboxylic acid groups (broad SMARTS) is 1. The summed E-state index contributed by atoms with van der Waals surface area (Å²) in [5.41, 5.74) is 7.93. The van der Waals surface area contributed by atoms with Crippen molar-refractivity contribution in [2.75, 3.05) is 18.9 Å². The number of carboxylic acids is 1. The first-order valence-corrected chi connectivity index (χ1v) is 12.2. The number of aliphatic hydroxyl groups is 1. The molecule has 1 aliphatic heterocycles. The van der Waals surface area contributed by atoms with Gasteiger partial charge in [-0.2, -0.15) is 17.5 Å². The van der Waals surface area contributed by atoms with Crippen molar-refractivity contribution in [3.8, 4) is 22.3 Å². The molecule has 198 valence electrons. The number of aliphatic hydroxyl groups excluding tert-OH is 1. The third kappa shape index (κ3) is 6.39. The van der Waals surface area contributed by atoms with Gasteiger partial charge in [-0.25, -0.2) is 27.6 Å². The predicted octanol–water partition coefficient (Wildman–Crippen LogP) is 3.31. The number of anilines is 1. The quantitative estimate of drug-likeness (QED) is 0.416. The largest absolute Gasteiger partial charge is 0.490 e. The molecule has 4 N–H and O–H groups in total. The van der Waals surface area contributed by atoms with Gasteiger partial charge in [0.2, 0.25) is 16.0 Å². The minimum Gasteiger partial charge on any atom is -0.475 e. The fourth-order valence-corrected chi connectivity index (χ4v) is 5.70. The molecule has 2 heterocycles. The molecule has 9 nitrogen and oxygen atoms in total. The summed E-state index contributed by atoms with van der Waals surface area (Å²) in [6.45, 7) is -0.0290. The number of sulfonamides is 1. The van der Waals surface area contributed by atoms with Gasteiger partial charge in [0.05, 0.1) is 6.61 Å². The lowest BCUT2D eigenvalue weighted by molar-refractivity contribution is -0.192. The molecular formula is C23H22F4N4O5S. The Hall–Kier alpha value is -3.62. The van der Waals surface area contributed by atoms with E-state index in [-0.39, 0.29) is 29.6 Å². The maximum atomic E-state index is 14.8. The average molecular weight is 543 g/mol. The second-order valence-corrected chi connectivity index (χ2v) is 9.75. The molecule has 1 saturated heterocycles. The summed E-state index contributed by atoms with van der Waals surface area (Å²) in [4.78, 5) is 16.5. The van der Waals surface area contributed by atoms with E-state index >= 15 is 0 Å². The van der Waals surface area contributed by atoms with Crippen LogP contribution >= 0.6 is 0 Å². The third-order valence-electron chi connectivity index (χ3n) is 5.51. The Bertz CT molecular complexity index is 1350. The topological polar surface area (TPSA) is 147 Å². The number of alkyl halides is 3. The summed E-state index contributed by atoms with van der Waals surface area (Å²) in [7, 11) is -4.11. The second kappa shape index (κ2) is 11.2. The summed E-state index contributed by atoms with van der Waals surface area (Å²) >= 11 is 0. The lowest BCUT2D eigenvalue weighted by Crippen LogP contribution is -2.38. The van der Waals surface area contributed by atoms with E-state index < -0.39 is 34.0 Å². The molecule has 2 aromatic carbocycles. The number of nitrogens with zero attached hydrogens (tertiary/aromatic N) is 3. The van der Waals surface area contributed by atoms with Gasteiger partial charge in [0.15, 0.2) is 0 Å². The minimum atomic E-state index is -5.08. The number of hydrogen-bond donors (Lipinski definition) is 3. The first kappa shape index (κ1) is 28.0. The number of aromatic nitrogens is 2. The van der Waals surface area contributed by atoms with E-state index in [1.165, 1.54) is 10.4 Å². The molecule has 1 aliphatic rings. The van der Waals surface area contributed by atoms with E-state index in [1.807, 2.05) is 0 Å². The Labute approximate surface area is 209 Å². The molecule has 1 atom stereocenters. The SMILES string of the molecule is Nc1ncc(-c2ccc(-c3cccc(F)c3S(=O)(=O)N3CCC[C@H]3CO)cc2)cn1.O=C(O)C(F)(F)F. The van der Waals surface area contributed by atoms with Crippen LogP contribution in [-0.4, -0.2) is 64.2 Å². The van der Waals surface area contributed by atoms with Crippen molar-refractivity contribution in [3.05, 3.63) is 60.7 Å². The van der Waals surface area contributed by atoms with Gasteiger partial charge < -0.3 is 15.9 Å². The molecule has 0 aliphatic carbocycles. The predicted molar refractivity (Wildman–Crippen MR) is 125 cm³/mol. The minimum absolute atomic E-state index is 0.174. The molecular weight excluding hydrogens is 520 g/mol. The number of nitrogen functional groups attached to an aromatic ring is 1. The zero-order chi connectivity index (χ0) is 27.4. The second-order valence-electron chi connectivity index (χ2n) is 7.92. The van der Waals surface area contributed by atoms with Crippen LogP contribution in [0.2, 0.25) is 0 Å². The summed E-state index contributed by atoms with van der Waals surface area (Å²) in [6, 6.07) is 10.7. The maximum absolute atomic E-state index is 14.8. The number of nitrogens with two attached hydrogens (primary N) is 1. The van der Waals surface area contributed by atoms with Crippen LogP contribution in [0.4, 0.5) is 23.5 Å². The van der Waals surface area contributed by atoms with Crippen LogP contribution in [0.5, 0.6) is 0 Å². The molecule has 0 saturated carbocycles. The molecule has 0 amide bonds. The molecule has 0 radical (unpaired) electrons. The summed E-state index contributed by atoms with van der Waals surface area (Å²) < 4.78 is 74.3. The lowest BCUT2D eigenvalue weighted by Gasteiger charge is -2.24.